The van der Waals surface area contributed by atoms with Crippen LogP contribution in [0.15, 0.2) is 12.7 Å². The average Bonchev–Trinajstić information content (AvgIpc) is 2.34. The van der Waals surface area contributed by atoms with Crippen molar-refractivity contribution in [3.05, 3.63) is 12.7 Å². The Hall–Kier alpha value is -0.346. The van der Waals surface area contributed by atoms with E-state index in [4.69, 9.17) is 15.3 Å². The lowest BCUT2D eigenvalue weighted by Gasteiger charge is -2.45. The highest BCUT2D eigenvalue weighted by Crippen LogP contribution is 2.42. The van der Waals surface area contributed by atoms with Crippen molar-refractivity contribution in [3.63, 3.8) is 0 Å². The summed E-state index contributed by atoms with van der Waals surface area (Å²) in [5.41, 5.74) is -0.424. The van der Waals surface area contributed by atoms with Crippen molar-refractivity contribution in [1.29, 1.82) is 0 Å². The van der Waals surface area contributed by atoms with Gasteiger partial charge in [0.05, 0.1) is 11.7 Å². The second-order valence-electron chi connectivity index (χ2n) is 10.5. The smallest absolute Gasteiger partial charge is 0.193 e. The van der Waals surface area contributed by atoms with Gasteiger partial charge in [-0.25, -0.2) is 0 Å². The molecule has 0 aromatic heterocycles. The lowest BCUT2D eigenvalue weighted by Crippen LogP contribution is -2.50. The van der Waals surface area contributed by atoms with Crippen LogP contribution in [-0.4, -0.2) is 28.3 Å². The lowest BCUT2D eigenvalue weighted by molar-refractivity contribution is 0.0554. The van der Waals surface area contributed by atoms with Gasteiger partial charge in [-0.2, -0.15) is 0 Å². The van der Waals surface area contributed by atoms with Gasteiger partial charge in [-0.05, 0) is 43.2 Å². The summed E-state index contributed by atoms with van der Waals surface area (Å²) >= 11 is 0. The molecular weight excluding hydrogens is 340 g/mol. The summed E-state index contributed by atoms with van der Waals surface area (Å²) in [5.74, 6) is 2.80. The highest BCUT2D eigenvalue weighted by molar-refractivity contribution is 6.74. The zero-order valence-electron chi connectivity index (χ0n) is 18.7. The van der Waals surface area contributed by atoms with Crippen molar-refractivity contribution in [3.8, 4) is 12.3 Å². The fraction of sp³-hybridized carbons (Fsp3) is 0.810. The Morgan fingerprint density at radius 2 is 1.40 bits per heavy atom. The third-order valence-electron chi connectivity index (χ3n) is 5.97. The summed E-state index contributed by atoms with van der Waals surface area (Å²) < 4.78 is 13.3. The van der Waals surface area contributed by atoms with Gasteiger partial charge in [0.25, 0.3) is 0 Å². The molecule has 0 radical (unpaired) electrons. The Bertz CT molecular complexity index is 489. The Morgan fingerprint density at radius 1 is 0.960 bits per heavy atom. The standard InChI is InChI=1S/C21H42O2Si2/c1-14-16-18(22-24(10,11)19(3,4)5)17-21(9,15-2)23-25(12,13)20(6,7)8/h1,15,18H,2,16-17H2,3-13H3/t18?,21-/m1/s1. The Morgan fingerprint density at radius 3 is 1.72 bits per heavy atom. The fourth-order valence-corrected chi connectivity index (χ4v) is 5.23. The van der Waals surface area contributed by atoms with Gasteiger partial charge in [-0.15, -0.1) is 18.9 Å². The second-order valence-corrected chi connectivity index (χ2v) is 20.0. The van der Waals surface area contributed by atoms with Crippen LogP contribution >= 0.6 is 0 Å². The van der Waals surface area contributed by atoms with Crippen molar-refractivity contribution < 1.29 is 8.85 Å². The molecule has 0 rings (SSSR count). The molecule has 0 heterocycles. The molecule has 1 unspecified atom stereocenters. The number of hydrogen-bond acceptors (Lipinski definition) is 2. The van der Waals surface area contributed by atoms with Gasteiger partial charge in [0, 0.05) is 12.8 Å². The van der Waals surface area contributed by atoms with E-state index in [1.165, 1.54) is 0 Å². The third kappa shape index (κ3) is 7.05. The highest BCUT2D eigenvalue weighted by Gasteiger charge is 2.44. The summed E-state index contributed by atoms with van der Waals surface area (Å²) in [4.78, 5) is 0. The van der Waals surface area contributed by atoms with E-state index in [0.717, 1.165) is 6.42 Å². The van der Waals surface area contributed by atoms with Crippen molar-refractivity contribution in [1.82, 2.24) is 0 Å². The van der Waals surface area contributed by atoms with Crippen LogP contribution in [0.25, 0.3) is 0 Å². The first-order chi connectivity index (χ1) is 10.9. The van der Waals surface area contributed by atoms with E-state index in [-0.39, 0.29) is 16.2 Å². The van der Waals surface area contributed by atoms with Crippen LogP contribution in [0.2, 0.25) is 36.3 Å². The molecule has 146 valence electrons. The quantitative estimate of drug-likeness (QED) is 0.262. The molecule has 0 saturated heterocycles. The summed E-state index contributed by atoms with van der Waals surface area (Å²) in [6.07, 6.45) is 8.93. The van der Waals surface area contributed by atoms with E-state index in [0.29, 0.717) is 6.42 Å². The molecule has 0 fully saturated rings. The monoisotopic (exact) mass is 382 g/mol. The molecule has 25 heavy (non-hydrogen) atoms. The molecule has 0 aromatic rings. The van der Waals surface area contributed by atoms with Crippen molar-refractivity contribution >= 4 is 16.6 Å². The third-order valence-corrected chi connectivity index (χ3v) is 15.1. The summed E-state index contributed by atoms with van der Waals surface area (Å²) in [5, 5.41) is 0.309. The largest absolute Gasteiger partial charge is 0.413 e. The first-order valence-electron chi connectivity index (χ1n) is 9.36. The van der Waals surface area contributed by atoms with E-state index >= 15 is 0 Å². The van der Waals surface area contributed by atoms with Crippen molar-refractivity contribution in [2.45, 2.75) is 109 Å². The number of terminal acetylenes is 1. The van der Waals surface area contributed by atoms with Gasteiger partial charge in [-0.1, -0.05) is 47.6 Å². The van der Waals surface area contributed by atoms with Gasteiger partial charge in [0.2, 0.25) is 0 Å². The maximum Gasteiger partial charge on any atom is 0.193 e. The summed E-state index contributed by atoms with van der Waals surface area (Å²) in [6, 6.07) is 0. The Kier molecular flexibility index (Phi) is 8.01. The number of rotatable bonds is 8. The molecule has 4 heteroatoms. The maximum absolute atomic E-state index is 6.70. The highest BCUT2D eigenvalue weighted by atomic mass is 28.4. The van der Waals surface area contributed by atoms with Crippen LogP contribution in [0.3, 0.4) is 0 Å². The van der Waals surface area contributed by atoms with Gasteiger partial charge >= 0.3 is 0 Å². The Balaban J connectivity index is 5.46. The van der Waals surface area contributed by atoms with Crippen LogP contribution in [0.4, 0.5) is 0 Å². The van der Waals surface area contributed by atoms with Gasteiger partial charge in [0.15, 0.2) is 16.6 Å². The summed E-state index contributed by atoms with van der Waals surface area (Å²) in [7, 11) is -3.80. The SMILES string of the molecule is C#CCC(C[C@@](C)(C=C)O[Si](C)(C)C(C)(C)C)O[Si](C)(C)C(C)(C)C. The molecule has 0 saturated carbocycles. The Labute approximate surface area is 160 Å². The van der Waals surface area contributed by atoms with Crippen molar-refractivity contribution in [2.75, 3.05) is 0 Å². The molecular formula is C21H42O2Si2. The zero-order chi connectivity index (χ0) is 20.3. The maximum atomic E-state index is 6.70. The minimum Gasteiger partial charge on any atom is -0.413 e. The van der Waals surface area contributed by atoms with Crippen LogP contribution in [0, 0.1) is 12.3 Å². The molecule has 2 atom stereocenters. The average molecular weight is 383 g/mol. The molecule has 0 aliphatic rings. The molecule has 2 nitrogen and oxygen atoms in total. The molecule has 0 aliphatic carbocycles. The van der Waals surface area contributed by atoms with Crippen LogP contribution < -0.4 is 0 Å². The molecule has 0 bridgehead atoms. The zero-order valence-corrected chi connectivity index (χ0v) is 20.7. The van der Waals surface area contributed by atoms with Gasteiger partial charge < -0.3 is 8.85 Å². The van der Waals surface area contributed by atoms with E-state index < -0.39 is 22.2 Å². The second kappa shape index (κ2) is 8.12. The minimum absolute atomic E-state index is 0.00124. The van der Waals surface area contributed by atoms with E-state index in [1.807, 2.05) is 6.08 Å². The topological polar surface area (TPSA) is 18.5 Å². The predicted octanol–water partition coefficient (Wildman–Crippen LogP) is 6.76. The molecule has 0 aliphatic heterocycles. The normalized spacial score (nSPS) is 17.5. The van der Waals surface area contributed by atoms with Gasteiger partial charge in [0.1, 0.15) is 0 Å². The molecule has 0 aromatic carbocycles. The first-order valence-corrected chi connectivity index (χ1v) is 15.2. The van der Waals surface area contributed by atoms with Crippen LogP contribution in [-0.2, 0) is 8.85 Å². The van der Waals surface area contributed by atoms with Crippen LogP contribution in [0.1, 0.15) is 61.3 Å². The molecule has 0 spiro atoms. The van der Waals surface area contributed by atoms with E-state index in [1.54, 1.807) is 0 Å². The van der Waals surface area contributed by atoms with E-state index in [9.17, 15) is 0 Å². The fourth-order valence-electron chi connectivity index (χ4n) is 2.24. The molecule has 0 amide bonds. The van der Waals surface area contributed by atoms with Crippen LogP contribution in [0.5, 0.6) is 0 Å². The first kappa shape index (κ1) is 24.7. The molecule has 0 N–H and O–H groups in total. The van der Waals surface area contributed by atoms with Crippen molar-refractivity contribution in [2.24, 2.45) is 0 Å². The lowest BCUT2D eigenvalue weighted by atomic mass is 9.97. The van der Waals surface area contributed by atoms with E-state index in [2.05, 4.69) is 87.2 Å². The van der Waals surface area contributed by atoms with Gasteiger partial charge in [-0.3, -0.25) is 0 Å². The predicted molar refractivity (Wildman–Crippen MR) is 117 cm³/mol. The summed E-state index contributed by atoms with van der Waals surface area (Å²) in [6.45, 7) is 28.8. The minimum atomic E-state index is -1.91. The number of hydrogen-bond donors (Lipinski definition) is 0.